The molecule has 3 N–H and O–H groups in total. The molecule has 1 aromatic carbocycles. The first kappa shape index (κ1) is 9.86. The number of rotatable bonds is 0. The monoisotopic (exact) mass is 198 g/mol. The van der Waals surface area contributed by atoms with Crippen molar-refractivity contribution >= 4 is 24.0 Å². The van der Waals surface area contributed by atoms with E-state index in [9.17, 15) is 4.79 Å². The van der Waals surface area contributed by atoms with Crippen LogP contribution in [-0.4, -0.2) is 5.91 Å². The number of carbonyl (C=O) groups is 1. The zero-order chi connectivity index (χ0) is 8.55. The first-order valence-electron chi connectivity index (χ1n) is 3.90. The van der Waals surface area contributed by atoms with Crippen LogP contribution in [0.2, 0.25) is 0 Å². The van der Waals surface area contributed by atoms with Gasteiger partial charge in [-0.3, -0.25) is 4.79 Å². The van der Waals surface area contributed by atoms with Gasteiger partial charge in [-0.15, -0.1) is 12.4 Å². The molecule has 1 aliphatic rings. The van der Waals surface area contributed by atoms with Crippen LogP contribution in [0.15, 0.2) is 18.2 Å². The first-order valence-corrected chi connectivity index (χ1v) is 3.90. The molecule has 4 heteroatoms. The number of nitrogen functional groups attached to an aromatic ring is 1. The average Bonchev–Trinajstić information content (AvgIpc) is 2.03. The Morgan fingerprint density at radius 3 is 2.85 bits per heavy atom. The molecule has 0 unspecified atom stereocenters. The summed E-state index contributed by atoms with van der Waals surface area (Å²) in [5.74, 6) is 0.0769. The van der Waals surface area contributed by atoms with Gasteiger partial charge in [0, 0.05) is 12.2 Å². The highest BCUT2D eigenvalue weighted by Crippen LogP contribution is 2.16. The molecule has 70 valence electrons. The zero-order valence-electron chi connectivity index (χ0n) is 7.04. The standard InChI is InChI=1S/C9H10N2O.ClH/c10-8-2-1-6-5-11-9(12)4-7(6)3-8;/h1-3H,4-5,10H2,(H,11,12);1H. The van der Waals surface area contributed by atoms with Crippen LogP contribution in [0.4, 0.5) is 5.69 Å². The number of halogens is 1. The van der Waals surface area contributed by atoms with E-state index < -0.39 is 0 Å². The number of hydrogen-bond donors (Lipinski definition) is 2. The van der Waals surface area contributed by atoms with Crippen LogP contribution in [0.1, 0.15) is 11.1 Å². The van der Waals surface area contributed by atoms with Gasteiger partial charge in [0.15, 0.2) is 0 Å². The fourth-order valence-electron chi connectivity index (χ4n) is 1.41. The number of nitrogens with one attached hydrogen (secondary N) is 1. The second-order valence-electron chi connectivity index (χ2n) is 2.98. The number of anilines is 1. The van der Waals surface area contributed by atoms with Gasteiger partial charge in [0.25, 0.3) is 0 Å². The molecule has 0 aromatic heterocycles. The van der Waals surface area contributed by atoms with Crippen molar-refractivity contribution in [2.75, 3.05) is 5.73 Å². The van der Waals surface area contributed by atoms with Gasteiger partial charge in [-0.2, -0.15) is 0 Å². The third kappa shape index (κ3) is 1.92. The fraction of sp³-hybridized carbons (Fsp3) is 0.222. The Hall–Kier alpha value is -1.22. The summed E-state index contributed by atoms with van der Waals surface area (Å²) in [6.07, 6.45) is 0.459. The molecule has 0 radical (unpaired) electrons. The fourth-order valence-corrected chi connectivity index (χ4v) is 1.41. The van der Waals surface area contributed by atoms with E-state index in [4.69, 9.17) is 5.73 Å². The van der Waals surface area contributed by atoms with Gasteiger partial charge < -0.3 is 11.1 Å². The molecule has 1 aliphatic heterocycles. The smallest absolute Gasteiger partial charge is 0.224 e. The van der Waals surface area contributed by atoms with Crippen molar-refractivity contribution in [3.8, 4) is 0 Å². The highest BCUT2D eigenvalue weighted by Gasteiger charge is 2.13. The van der Waals surface area contributed by atoms with Crippen molar-refractivity contribution in [1.82, 2.24) is 5.32 Å². The molecule has 2 rings (SSSR count). The number of benzene rings is 1. The largest absolute Gasteiger partial charge is 0.399 e. The summed E-state index contributed by atoms with van der Waals surface area (Å²) >= 11 is 0. The highest BCUT2D eigenvalue weighted by atomic mass is 35.5. The lowest BCUT2D eigenvalue weighted by Gasteiger charge is -2.16. The summed E-state index contributed by atoms with van der Waals surface area (Å²) < 4.78 is 0. The molecule has 0 bridgehead atoms. The molecule has 0 fully saturated rings. The Labute approximate surface area is 82.7 Å². The summed E-state index contributed by atoms with van der Waals surface area (Å²) in [6, 6.07) is 5.69. The van der Waals surface area contributed by atoms with Gasteiger partial charge in [-0.1, -0.05) is 6.07 Å². The molecule has 3 nitrogen and oxygen atoms in total. The molecule has 1 heterocycles. The summed E-state index contributed by atoms with van der Waals surface area (Å²) in [5, 5.41) is 2.78. The molecule has 0 saturated carbocycles. The van der Waals surface area contributed by atoms with E-state index in [-0.39, 0.29) is 18.3 Å². The number of amides is 1. The summed E-state index contributed by atoms with van der Waals surface area (Å²) in [4.78, 5) is 11.0. The van der Waals surface area contributed by atoms with Crippen molar-refractivity contribution < 1.29 is 4.79 Å². The molecule has 0 atom stereocenters. The van der Waals surface area contributed by atoms with E-state index in [1.54, 1.807) is 0 Å². The predicted octanol–water partition coefficient (Wildman–Crippen LogP) is 0.863. The van der Waals surface area contributed by atoms with E-state index in [1.165, 1.54) is 5.56 Å². The van der Waals surface area contributed by atoms with E-state index in [0.717, 1.165) is 11.3 Å². The Bertz CT molecular complexity index is 338. The van der Waals surface area contributed by atoms with E-state index in [0.29, 0.717) is 13.0 Å². The summed E-state index contributed by atoms with van der Waals surface area (Å²) in [7, 11) is 0. The molecule has 1 aromatic rings. The molecule has 1 amide bonds. The highest BCUT2D eigenvalue weighted by molar-refractivity contribution is 5.85. The molecular formula is C9H11ClN2O. The Morgan fingerprint density at radius 2 is 2.08 bits per heavy atom. The minimum Gasteiger partial charge on any atom is -0.399 e. The Kier molecular flexibility index (Phi) is 2.78. The lowest BCUT2D eigenvalue weighted by Crippen LogP contribution is -2.30. The normalized spacial score (nSPS) is 14.0. The van der Waals surface area contributed by atoms with Gasteiger partial charge >= 0.3 is 0 Å². The van der Waals surface area contributed by atoms with Crippen molar-refractivity contribution in [1.29, 1.82) is 0 Å². The Morgan fingerprint density at radius 1 is 1.31 bits per heavy atom. The maximum Gasteiger partial charge on any atom is 0.224 e. The SMILES string of the molecule is Cl.Nc1ccc2c(c1)CC(=O)NC2. The third-order valence-electron chi connectivity index (χ3n) is 2.06. The topological polar surface area (TPSA) is 55.1 Å². The number of nitrogens with two attached hydrogens (primary N) is 1. The van der Waals surface area contributed by atoms with E-state index >= 15 is 0 Å². The van der Waals surface area contributed by atoms with Crippen LogP contribution in [0.5, 0.6) is 0 Å². The van der Waals surface area contributed by atoms with Gasteiger partial charge in [-0.25, -0.2) is 0 Å². The average molecular weight is 199 g/mol. The lowest BCUT2D eigenvalue weighted by atomic mass is 10.0. The number of fused-ring (bicyclic) bond motifs is 1. The first-order chi connectivity index (χ1) is 5.75. The van der Waals surface area contributed by atoms with E-state index in [2.05, 4.69) is 5.32 Å². The van der Waals surface area contributed by atoms with Crippen LogP contribution in [0.3, 0.4) is 0 Å². The summed E-state index contributed by atoms with van der Waals surface area (Å²) in [5.41, 5.74) is 8.55. The molecule has 0 spiro atoms. The lowest BCUT2D eigenvalue weighted by molar-refractivity contribution is -0.121. The predicted molar refractivity (Wildman–Crippen MR) is 53.7 cm³/mol. The van der Waals surface area contributed by atoms with E-state index in [1.807, 2.05) is 18.2 Å². The second-order valence-corrected chi connectivity index (χ2v) is 2.98. The van der Waals surface area contributed by atoms with Gasteiger partial charge in [0.1, 0.15) is 0 Å². The number of hydrogen-bond acceptors (Lipinski definition) is 2. The van der Waals surface area contributed by atoms with Crippen molar-refractivity contribution in [2.24, 2.45) is 0 Å². The van der Waals surface area contributed by atoms with Gasteiger partial charge in [0.2, 0.25) is 5.91 Å². The van der Waals surface area contributed by atoms with Crippen molar-refractivity contribution in [3.63, 3.8) is 0 Å². The quantitative estimate of drug-likeness (QED) is 0.608. The Balaban J connectivity index is 0.000000845. The van der Waals surface area contributed by atoms with Crippen LogP contribution >= 0.6 is 12.4 Å². The molecule has 0 aliphatic carbocycles. The van der Waals surface area contributed by atoms with Gasteiger partial charge in [-0.05, 0) is 23.3 Å². The van der Waals surface area contributed by atoms with Crippen LogP contribution in [-0.2, 0) is 17.8 Å². The van der Waals surface area contributed by atoms with Crippen molar-refractivity contribution in [2.45, 2.75) is 13.0 Å². The third-order valence-corrected chi connectivity index (χ3v) is 2.06. The minimum atomic E-state index is 0. The summed E-state index contributed by atoms with van der Waals surface area (Å²) in [6.45, 7) is 0.633. The van der Waals surface area contributed by atoms with Crippen LogP contribution < -0.4 is 11.1 Å². The minimum absolute atomic E-state index is 0. The maximum atomic E-state index is 11.0. The molecular weight excluding hydrogens is 188 g/mol. The maximum absolute atomic E-state index is 11.0. The van der Waals surface area contributed by atoms with Crippen molar-refractivity contribution in [3.05, 3.63) is 29.3 Å². The molecule has 13 heavy (non-hydrogen) atoms. The van der Waals surface area contributed by atoms with Crippen LogP contribution in [0.25, 0.3) is 0 Å². The number of carbonyl (C=O) groups excluding carboxylic acids is 1. The van der Waals surface area contributed by atoms with Gasteiger partial charge in [0.05, 0.1) is 6.42 Å². The second kappa shape index (κ2) is 3.66. The zero-order valence-corrected chi connectivity index (χ0v) is 7.86. The molecule has 0 saturated heterocycles. The van der Waals surface area contributed by atoms with Crippen LogP contribution in [0, 0.1) is 0 Å².